The second kappa shape index (κ2) is 5.74. The SMILES string of the molecule is O=C(O)c1ccccc1NN=Cc1c(O)[nH]c(=O)[nH]c1=O. The van der Waals surface area contributed by atoms with E-state index in [1.54, 1.807) is 12.1 Å². The van der Waals surface area contributed by atoms with Crippen LogP contribution in [0.3, 0.4) is 0 Å². The first kappa shape index (κ1) is 14.1. The van der Waals surface area contributed by atoms with Crippen molar-refractivity contribution in [2.24, 2.45) is 5.10 Å². The molecule has 1 heterocycles. The largest absolute Gasteiger partial charge is 0.494 e. The van der Waals surface area contributed by atoms with E-state index in [9.17, 15) is 19.5 Å². The first-order chi connectivity index (χ1) is 9.99. The van der Waals surface area contributed by atoms with Gasteiger partial charge in [0.2, 0.25) is 5.88 Å². The first-order valence-electron chi connectivity index (χ1n) is 5.66. The highest BCUT2D eigenvalue weighted by atomic mass is 16.4. The summed E-state index contributed by atoms with van der Waals surface area (Å²) in [6, 6.07) is 6.02. The van der Waals surface area contributed by atoms with Gasteiger partial charge in [0.25, 0.3) is 5.56 Å². The lowest BCUT2D eigenvalue weighted by Crippen LogP contribution is -2.25. The Morgan fingerprint density at radius 1 is 1.24 bits per heavy atom. The fourth-order valence-corrected chi connectivity index (χ4v) is 1.54. The molecule has 0 spiro atoms. The molecule has 0 aliphatic rings. The van der Waals surface area contributed by atoms with Gasteiger partial charge >= 0.3 is 11.7 Å². The van der Waals surface area contributed by atoms with Crippen LogP contribution in [0.4, 0.5) is 5.69 Å². The number of carbonyl (C=O) groups is 1. The van der Waals surface area contributed by atoms with Gasteiger partial charge in [0.05, 0.1) is 17.5 Å². The molecule has 0 radical (unpaired) electrons. The molecule has 0 fully saturated rings. The van der Waals surface area contributed by atoms with Crippen LogP contribution in [-0.2, 0) is 0 Å². The van der Waals surface area contributed by atoms with Crippen LogP contribution < -0.4 is 16.7 Å². The fraction of sp³-hybridized carbons (Fsp3) is 0. The van der Waals surface area contributed by atoms with Gasteiger partial charge in [0.1, 0.15) is 5.56 Å². The number of carboxylic acid groups (broad SMARTS) is 1. The van der Waals surface area contributed by atoms with Gasteiger partial charge in [0, 0.05) is 0 Å². The number of hydrazone groups is 1. The molecule has 0 unspecified atom stereocenters. The van der Waals surface area contributed by atoms with Crippen molar-refractivity contribution in [3.05, 3.63) is 56.2 Å². The van der Waals surface area contributed by atoms with E-state index >= 15 is 0 Å². The maximum atomic E-state index is 11.4. The summed E-state index contributed by atoms with van der Waals surface area (Å²) in [5.41, 5.74) is 0.707. The minimum Gasteiger partial charge on any atom is -0.494 e. The van der Waals surface area contributed by atoms with Crippen LogP contribution in [0.15, 0.2) is 39.0 Å². The number of nitrogens with zero attached hydrogens (tertiary/aromatic N) is 1. The summed E-state index contributed by atoms with van der Waals surface area (Å²) in [6.07, 6.45) is 0.961. The number of nitrogens with one attached hydrogen (secondary N) is 3. The summed E-state index contributed by atoms with van der Waals surface area (Å²) in [5.74, 6) is -1.78. The molecule has 0 aliphatic carbocycles. The van der Waals surface area contributed by atoms with E-state index in [4.69, 9.17) is 5.11 Å². The highest BCUT2D eigenvalue weighted by Gasteiger charge is 2.08. The number of hydrogen-bond donors (Lipinski definition) is 5. The third kappa shape index (κ3) is 3.15. The molecule has 5 N–H and O–H groups in total. The Balaban J connectivity index is 2.27. The normalized spacial score (nSPS) is 10.7. The van der Waals surface area contributed by atoms with Gasteiger partial charge in [-0.15, -0.1) is 0 Å². The van der Waals surface area contributed by atoms with E-state index in [1.807, 2.05) is 9.97 Å². The van der Waals surface area contributed by atoms with Gasteiger partial charge in [0.15, 0.2) is 0 Å². The van der Waals surface area contributed by atoms with Crippen LogP contribution >= 0.6 is 0 Å². The van der Waals surface area contributed by atoms with Crippen LogP contribution in [0.1, 0.15) is 15.9 Å². The molecule has 9 nitrogen and oxygen atoms in total. The molecule has 108 valence electrons. The second-order valence-corrected chi connectivity index (χ2v) is 3.89. The Kier molecular flexibility index (Phi) is 3.84. The van der Waals surface area contributed by atoms with Crippen molar-refractivity contribution in [1.82, 2.24) is 9.97 Å². The zero-order chi connectivity index (χ0) is 15.4. The average Bonchev–Trinajstić information content (AvgIpc) is 2.42. The third-order valence-electron chi connectivity index (χ3n) is 2.49. The molecule has 0 bridgehead atoms. The maximum absolute atomic E-state index is 11.4. The monoisotopic (exact) mass is 290 g/mol. The van der Waals surface area contributed by atoms with Gasteiger partial charge in [-0.3, -0.25) is 20.2 Å². The van der Waals surface area contributed by atoms with E-state index in [-0.39, 0.29) is 16.8 Å². The molecule has 21 heavy (non-hydrogen) atoms. The second-order valence-electron chi connectivity index (χ2n) is 3.89. The molecular weight excluding hydrogens is 280 g/mol. The lowest BCUT2D eigenvalue weighted by atomic mass is 10.2. The highest BCUT2D eigenvalue weighted by molar-refractivity contribution is 5.94. The van der Waals surface area contributed by atoms with Gasteiger partial charge in [-0.25, -0.2) is 9.59 Å². The summed E-state index contributed by atoms with van der Waals surface area (Å²) in [6.45, 7) is 0. The summed E-state index contributed by atoms with van der Waals surface area (Å²) >= 11 is 0. The minimum absolute atomic E-state index is 0.00532. The van der Waals surface area contributed by atoms with Gasteiger partial charge < -0.3 is 10.2 Å². The molecule has 2 rings (SSSR count). The minimum atomic E-state index is -1.14. The number of benzene rings is 1. The molecule has 2 aromatic rings. The lowest BCUT2D eigenvalue weighted by molar-refractivity contribution is 0.0698. The fourth-order valence-electron chi connectivity index (χ4n) is 1.54. The number of hydrogen-bond acceptors (Lipinski definition) is 6. The number of anilines is 1. The van der Waals surface area contributed by atoms with E-state index in [0.29, 0.717) is 0 Å². The number of rotatable bonds is 4. The number of aromatic carboxylic acids is 1. The zero-order valence-electron chi connectivity index (χ0n) is 10.5. The van der Waals surface area contributed by atoms with Gasteiger partial charge in [-0.05, 0) is 12.1 Å². The summed E-state index contributed by atoms with van der Waals surface area (Å²) in [5, 5.41) is 22.1. The van der Waals surface area contributed by atoms with Crippen molar-refractivity contribution in [2.45, 2.75) is 0 Å². The van der Waals surface area contributed by atoms with Crippen LogP contribution in [0.25, 0.3) is 0 Å². The number of H-pyrrole nitrogens is 2. The maximum Gasteiger partial charge on any atom is 0.337 e. The predicted molar refractivity (Wildman–Crippen MR) is 74.0 cm³/mol. The van der Waals surface area contributed by atoms with Crippen molar-refractivity contribution in [3.63, 3.8) is 0 Å². The lowest BCUT2D eigenvalue weighted by Gasteiger charge is -2.04. The number of aromatic nitrogens is 2. The number of carboxylic acids is 1. The van der Waals surface area contributed by atoms with Gasteiger partial charge in [-0.2, -0.15) is 5.10 Å². The van der Waals surface area contributed by atoms with E-state index < -0.39 is 23.1 Å². The van der Waals surface area contributed by atoms with Gasteiger partial charge in [-0.1, -0.05) is 12.1 Å². The van der Waals surface area contributed by atoms with E-state index in [2.05, 4.69) is 10.5 Å². The quantitative estimate of drug-likeness (QED) is 0.392. The van der Waals surface area contributed by atoms with Crippen molar-refractivity contribution in [2.75, 3.05) is 5.43 Å². The summed E-state index contributed by atoms with van der Waals surface area (Å²) < 4.78 is 0. The Morgan fingerprint density at radius 3 is 2.62 bits per heavy atom. The van der Waals surface area contributed by atoms with Crippen LogP contribution in [0, 0.1) is 0 Å². The van der Waals surface area contributed by atoms with Crippen LogP contribution in [-0.4, -0.2) is 32.4 Å². The molecule has 0 amide bonds. The number of para-hydroxylation sites is 1. The number of aromatic hydroxyl groups is 1. The van der Waals surface area contributed by atoms with Crippen molar-refractivity contribution >= 4 is 17.9 Å². The van der Waals surface area contributed by atoms with Crippen molar-refractivity contribution < 1.29 is 15.0 Å². The molecule has 0 aliphatic heterocycles. The smallest absolute Gasteiger partial charge is 0.337 e. The standard InChI is InChI=1S/C12H10N4O5/c17-9-7(10(18)15-12(21)14-9)5-13-16-8-4-2-1-3-6(8)11(19)20/h1-5,16H,(H,19,20)(H3,14,15,17,18,21). The van der Waals surface area contributed by atoms with E-state index in [0.717, 1.165) is 6.21 Å². The van der Waals surface area contributed by atoms with Crippen LogP contribution in [0.2, 0.25) is 0 Å². The molecule has 0 saturated carbocycles. The third-order valence-corrected chi connectivity index (χ3v) is 2.49. The Labute approximate surface area is 116 Å². The zero-order valence-corrected chi connectivity index (χ0v) is 10.5. The number of aromatic amines is 2. The molecule has 9 heteroatoms. The molecular formula is C12H10N4O5. The highest BCUT2D eigenvalue weighted by Crippen LogP contribution is 2.14. The molecule has 1 aromatic heterocycles. The van der Waals surface area contributed by atoms with Crippen molar-refractivity contribution in [3.8, 4) is 5.88 Å². The Hall–Kier alpha value is -3.36. The predicted octanol–water partition coefficient (Wildman–Crippen LogP) is -0.0870. The van der Waals surface area contributed by atoms with E-state index in [1.165, 1.54) is 12.1 Å². The van der Waals surface area contributed by atoms with Crippen molar-refractivity contribution in [1.29, 1.82) is 0 Å². The molecule has 0 saturated heterocycles. The average molecular weight is 290 g/mol. The topological polar surface area (TPSA) is 148 Å². The Bertz CT molecular complexity index is 821. The van der Waals surface area contributed by atoms with Crippen LogP contribution in [0.5, 0.6) is 5.88 Å². The molecule has 0 atom stereocenters. The Morgan fingerprint density at radius 2 is 1.95 bits per heavy atom. The summed E-state index contributed by atoms with van der Waals surface area (Å²) in [7, 11) is 0. The molecule has 1 aromatic carbocycles. The first-order valence-corrected chi connectivity index (χ1v) is 5.66. The summed E-state index contributed by atoms with van der Waals surface area (Å²) in [4.78, 5) is 37.2.